The molecular formula is C15H18Cl2O3. The Labute approximate surface area is 128 Å². The van der Waals surface area contributed by atoms with Gasteiger partial charge in [-0.3, -0.25) is 4.79 Å². The van der Waals surface area contributed by atoms with Gasteiger partial charge < -0.3 is 9.84 Å². The number of aryl methyl sites for hydroxylation is 1. The predicted molar refractivity (Wildman–Crippen MR) is 79.8 cm³/mol. The summed E-state index contributed by atoms with van der Waals surface area (Å²) in [5.41, 5.74) is 0.965. The third-order valence-electron chi connectivity index (χ3n) is 3.56. The van der Waals surface area contributed by atoms with E-state index in [-0.39, 0.29) is 11.8 Å². The van der Waals surface area contributed by atoms with Crippen LogP contribution in [0.25, 0.3) is 0 Å². The van der Waals surface area contributed by atoms with Crippen molar-refractivity contribution in [2.24, 2.45) is 11.8 Å². The lowest BCUT2D eigenvalue weighted by Crippen LogP contribution is -2.02. The van der Waals surface area contributed by atoms with Crippen LogP contribution in [0.3, 0.4) is 0 Å². The van der Waals surface area contributed by atoms with Gasteiger partial charge in [0.2, 0.25) is 0 Å². The third-order valence-corrected chi connectivity index (χ3v) is 4.06. The van der Waals surface area contributed by atoms with Gasteiger partial charge in [-0.05, 0) is 49.3 Å². The van der Waals surface area contributed by atoms with E-state index >= 15 is 0 Å². The fourth-order valence-electron chi connectivity index (χ4n) is 2.38. The van der Waals surface area contributed by atoms with Crippen LogP contribution in [0.4, 0.5) is 0 Å². The SMILES string of the molecule is CCCOc1c(Cl)cc(Cl)cc1CCC1CC1C(=O)O. The Bertz CT molecular complexity index is 502. The first-order chi connectivity index (χ1) is 9.52. The zero-order valence-electron chi connectivity index (χ0n) is 11.4. The number of ether oxygens (including phenoxy) is 1. The largest absolute Gasteiger partial charge is 0.492 e. The number of benzene rings is 1. The van der Waals surface area contributed by atoms with Crippen LogP contribution in [-0.2, 0) is 11.2 Å². The molecule has 5 heteroatoms. The molecule has 1 N–H and O–H groups in total. The molecule has 1 aromatic rings. The molecule has 0 aliphatic heterocycles. The van der Waals surface area contributed by atoms with Crippen molar-refractivity contribution in [3.05, 3.63) is 27.7 Å². The molecule has 20 heavy (non-hydrogen) atoms. The highest BCUT2D eigenvalue weighted by Gasteiger charge is 2.42. The number of rotatable bonds is 7. The van der Waals surface area contributed by atoms with Crippen LogP contribution in [-0.4, -0.2) is 17.7 Å². The van der Waals surface area contributed by atoms with E-state index in [0.29, 0.717) is 22.4 Å². The molecule has 110 valence electrons. The first kappa shape index (κ1) is 15.5. The molecule has 1 aliphatic rings. The Kier molecular flexibility index (Phi) is 5.17. The molecule has 0 spiro atoms. The van der Waals surface area contributed by atoms with Crippen molar-refractivity contribution in [1.82, 2.24) is 0 Å². The average Bonchev–Trinajstić information content (AvgIpc) is 3.14. The maximum absolute atomic E-state index is 10.8. The lowest BCUT2D eigenvalue weighted by atomic mass is 10.1. The lowest BCUT2D eigenvalue weighted by molar-refractivity contribution is -0.138. The Hall–Kier alpha value is -0.930. The second-order valence-corrected chi connectivity index (χ2v) is 6.05. The summed E-state index contributed by atoms with van der Waals surface area (Å²) < 4.78 is 5.69. The second-order valence-electron chi connectivity index (χ2n) is 5.20. The van der Waals surface area contributed by atoms with E-state index in [1.165, 1.54) is 0 Å². The van der Waals surface area contributed by atoms with Gasteiger partial charge in [-0.1, -0.05) is 30.1 Å². The van der Waals surface area contributed by atoms with Crippen molar-refractivity contribution in [3.63, 3.8) is 0 Å². The molecular weight excluding hydrogens is 299 g/mol. The summed E-state index contributed by atoms with van der Waals surface area (Å²) in [6, 6.07) is 3.53. The molecule has 0 amide bonds. The minimum Gasteiger partial charge on any atom is -0.492 e. The van der Waals surface area contributed by atoms with Crippen molar-refractivity contribution >= 4 is 29.2 Å². The van der Waals surface area contributed by atoms with E-state index in [0.717, 1.165) is 31.2 Å². The summed E-state index contributed by atoms with van der Waals surface area (Å²) in [5, 5.41) is 10.0. The van der Waals surface area contributed by atoms with Crippen LogP contribution in [0.5, 0.6) is 5.75 Å². The van der Waals surface area contributed by atoms with Crippen molar-refractivity contribution < 1.29 is 14.6 Å². The number of carboxylic acid groups (broad SMARTS) is 1. The van der Waals surface area contributed by atoms with E-state index < -0.39 is 5.97 Å². The number of carboxylic acids is 1. The molecule has 0 radical (unpaired) electrons. The number of hydrogen-bond donors (Lipinski definition) is 1. The second kappa shape index (κ2) is 6.68. The number of aliphatic carboxylic acids is 1. The topological polar surface area (TPSA) is 46.5 Å². The summed E-state index contributed by atoms with van der Waals surface area (Å²) in [5.74, 6) is 0.0842. The Balaban J connectivity index is 2.04. The lowest BCUT2D eigenvalue weighted by Gasteiger charge is -2.13. The maximum Gasteiger partial charge on any atom is 0.306 e. The quantitative estimate of drug-likeness (QED) is 0.809. The summed E-state index contributed by atoms with van der Waals surface area (Å²) in [6.45, 7) is 2.64. The van der Waals surface area contributed by atoms with Crippen molar-refractivity contribution in [2.45, 2.75) is 32.6 Å². The monoisotopic (exact) mass is 316 g/mol. The number of carbonyl (C=O) groups is 1. The highest BCUT2D eigenvalue weighted by atomic mass is 35.5. The van der Waals surface area contributed by atoms with Gasteiger partial charge in [0.1, 0.15) is 5.75 Å². The Morgan fingerprint density at radius 2 is 2.20 bits per heavy atom. The molecule has 2 rings (SSSR count). The molecule has 0 heterocycles. The van der Waals surface area contributed by atoms with Crippen LogP contribution in [0.2, 0.25) is 10.0 Å². The predicted octanol–water partition coefficient (Wildman–Crippen LogP) is 4.44. The molecule has 0 aromatic heterocycles. The van der Waals surface area contributed by atoms with Crippen molar-refractivity contribution in [2.75, 3.05) is 6.61 Å². The van der Waals surface area contributed by atoms with Crippen molar-refractivity contribution in [1.29, 1.82) is 0 Å². The summed E-state index contributed by atoms with van der Waals surface area (Å²) in [6.07, 6.45) is 3.25. The maximum atomic E-state index is 10.8. The molecule has 2 unspecified atom stereocenters. The van der Waals surface area contributed by atoms with E-state index in [4.69, 9.17) is 33.0 Å². The van der Waals surface area contributed by atoms with Crippen LogP contribution >= 0.6 is 23.2 Å². The zero-order valence-corrected chi connectivity index (χ0v) is 12.9. The Morgan fingerprint density at radius 1 is 1.45 bits per heavy atom. The highest BCUT2D eigenvalue weighted by molar-refractivity contribution is 6.35. The van der Waals surface area contributed by atoms with Gasteiger partial charge in [0.25, 0.3) is 0 Å². The minimum atomic E-state index is -0.693. The molecule has 1 fully saturated rings. The highest BCUT2D eigenvalue weighted by Crippen LogP contribution is 2.43. The van der Waals surface area contributed by atoms with Gasteiger partial charge in [-0.15, -0.1) is 0 Å². The Morgan fingerprint density at radius 3 is 2.80 bits per heavy atom. The van der Waals surface area contributed by atoms with Gasteiger partial charge in [0.15, 0.2) is 0 Å². The van der Waals surface area contributed by atoms with Gasteiger partial charge in [-0.25, -0.2) is 0 Å². The van der Waals surface area contributed by atoms with E-state index in [1.54, 1.807) is 6.07 Å². The fourth-order valence-corrected chi connectivity index (χ4v) is 2.97. The first-order valence-electron chi connectivity index (χ1n) is 6.86. The van der Waals surface area contributed by atoms with Gasteiger partial charge in [-0.2, -0.15) is 0 Å². The molecule has 1 saturated carbocycles. The molecule has 0 saturated heterocycles. The summed E-state index contributed by atoms with van der Waals surface area (Å²) in [7, 11) is 0. The van der Waals surface area contributed by atoms with Crippen molar-refractivity contribution in [3.8, 4) is 5.75 Å². The van der Waals surface area contributed by atoms with Crippen LogP contribution < -0.4 is 4.74 Å². The van der Waals surface area contributed by atoms with E-state index in [1.807, 2.05) is 13.0 Å². The zero-order chi connectivity index (χ0) is 14.7. The summed E-state index contributed by atoms with van der Waals surface area (Å²) >= 11 is 12.2. The van der Waals surface area contributed by atoms with E-state index in [2.05, 4.69) is 0 Å². The van der Waals surface area contributed by atoms with Crippen LogP contribution in [0, 0.1) is 11.8 Å². The standard InChI is InChI=1S/C15H18Cl2O3/c1-2-5-20-14-10(6-11(16)8-13(14)17)4-3-9-7-12(9)15(18)19/h6,8-9,12H,2-5,7H2,1H3,(H,18,19). The van der Waals surface area contributed by atoms with Gasteiger partial charge >= 0.3 is 5.97 Å². The summed E-state index contributed by atoms with van der Waals surface area (Å²) in [4.78, 5) is 10.8. The fraction of sp³-hybridized carbons (Fsp3) is 0.533. The average molecular weight is 317 g/mol. The number of halogens is 2. The molecule has 2 atom stereocenters. The molecule has 1 aliphatic carbocycles. The van der Waals surface area contributed by atoms with Crippen LogP contribution in [0.15, 0.2) is 12.1 Å². The van der Waals surface area contributed by atoms with Gasteiger partial charge in [0.05, 0.1) is 17.5 Å². The molecule has 0 bridgehead atoms. The third kappa shape index (κ3) is 3.80. The van der Waals surface area contributed by atoms with Gasteiger partial charge in [0, 0.05) is 5.02 Å². The molecule has 1 aromatic carbocycles. The normalized spacial score (nSPS) is 20.8. The first-order valence-corrected chi connectivity index (χ1v) is 7.62. The van der Waals surface area contributed by atoms with Crippen LogP contribution in [0.1, 0.15) is 31.7 Å². The minimum absolute atomic E-state index is 0.176. The smallest absolute Gasteiger partial charge is 0.306 e. The van der Waals surface area contributed by atoms with E-state index in [9.17, 15) is 4.79 Å². The molecule has 3 nitrogen and oxygen atoms in total. The number of hydrogen-bond acceptors (Lipinski definition) is 2.